The normalized spacial score (nSPS) is 21.8. The SMILES string of the molecule is CC(=O)O[C@H]1[C@@H](OC(=O)c2ccccc2)C(n2ccc(=O)[nH]c2=O)O[C@@]1(COC(=O)c1ccccc1)N=[N+]=[N-]. The monoisotopic (exact) mass is 535 g/mol. The highest BCUT2D eigenvalue weighted by molar-refractivity contribution is 5.90. The summed E-state index contributed by atoms with van der Waals surface area (Å²) in [5.41, 5.74) is 5.70. The molecule has 1 saturated heterocycles. The first-order valence-corrected chi connectivity index (χ1v) is 11.4. The van der Waals surface area contributed by atoms with Crippen LogP contribution >= 0.6 is 0 Å². The lowest BCUT2D eigenvalue weighted by Gasteiger charge is -2.29. The van der Waals surface area contributed by atoms with E-state index in [9.17, 15) is 29.5 Å². The van der Waals surface area contributed by atoms with Gasteiger partial charge in [0.25, 0.3) is 5.56 Å². The molecule has 4 atom stereocenters. The van der Waals surface area contributed by atoms with Crippen LogP contribution in [0.3, 0.4) is 0 Å². The van der Waals surface area contributed by atoms with Crippen LogP contribution < -0.4 is 11.2 Å². The van der Waals surface area contributed by atoms with E-state index in [1.165, 1.54) is 24.3 Å². The van der Waals surface area contributed by atoms with E-state index in [0.29, 0.717) is 0 Å². The van der Waals surface area contributed by atoms with Gasteiger partial charge in [-0.1, -0.05) is 41.5 Å². The summed E-state index contributed by atoms with van der Waals surface area (Å²) in [6, 6.07) is 16.6. The molecule has 0 amide bonds. The fraction of sp³-hybridized carbons (Fsp3) is 0.240. The number of esters is 3. The summed E-state index contributed by atoms with van der Waals surface area (Å²) >= 11 is 0. The van der Waals surface area contributed by atoms with E-state index in [1.807, 2.05) is 4.98 Å². The Morgan fingerprint density at radius 2 is 1.62 bits per heavy atom. The number of rotatable bonds is 8. The molecule has 1 N–H and O–H groups in total. The van der Waals surface area contributed by atoms with Crippen LogP contribution in [0.4, 0.5) is 0 Å². The first kappa shape index (κ1) is 26.9. The largest absolute Gasteiger partial charge is 0.459 e. The number of nitrogens with zero attached hydrogens (tertiary/aromatic N) is 4. The number of H-pyrrole nitrogens is 1. The number of nitrogens with one attached hydrogen (secondary N) is 1. The Morgan fingerprint density at radius 1 is 1.00 bits per heavy atom. The zero-order chi connectivity index (χ0) is 28.0. The van der Waals surface area contributed by atoms with Crippen molar-refractivity contribution in [2.75, 3.05) is 6.61 Å². The molecule has 0 spiro atoms. The first-order valence-electron chi connectivity index (χ1n) is 11.4. The summed E-state index contributed by atoms with van der Waals surface area (Å²) in [6.07, 6.45) is -3.83. The highest BCUT2D eigenvalue weighted by Crippen LogP contribution is 2.42. The molecule has 39 heavy (non-hydrogen) atoms. The predicted octanol–water partition coefficient (Wildman–Crippen LogP) is 2.09. The van der Waals surface area contributed by atoms with E-state index in [0.717, 1.165) is 23.8 Å². The van der Waals surface area contributed by atoms with Gasteiger partial charge in [0.2, 0.25) is 5.72 Å². The van der Waals surface area contributed by atoms with E-state index in [1.54, 1.807) is 36.4 Å². The van der Waals surface area contributed by atoms with Gasteiger partial charge < -0.3 is 18.9 Å². The van der Waals surface area contributed by atoms with Crippen molar-refractivity contribution in [1.29, 1.82) is 0 Å². The number of hydrogen-bond acceptors (Lipinski definition) is 10. The maximum atomic E-state index is 13.0. The minimum absolute atomic E-state index is 0.114. The minimum Gasteiger partial charge on any atom is -0.459 e. The van der Waals surface area contributed by atoms with Crippen LogP contribution in [0, 0.1) is 0 Å². The third-order valence-electron chi connectivity index (χ3n) is 5.65. The highest BCUT2D eigenvalue weighted by Gasteiger charge is 2.61. The van der Waals surface area contributed by atoms with Crippen molar-refractivity contribution in [1.82, 2.24) is 9.55 Å². The number of ether oxygens (including phenoxy) is 4. The lowest BCUT2D eigenvalue weighted by Crippen LogP contribution is -2.49. The molecule has 1 unspecified atom stereocenters. The second kappa shape index (κ2) is 11.5. The molecule has 0 bridgehead atoms. The lowest BCUT2D eigenvalue weighted by atomic mass is 10.0. The van der Waals surface area contributed by atoms with Crippen LogP contribution in [0.15, 0.2) is 87.6 Å². The standard InChI is InChI=1S/C25H21N5O9/c1-15(31)37-20-19(38-23(34)17-10-6-3-7-11-17)21(30-13-12-18(32)27-24(30)35)39-25(20,28-29-26)14-36-22(33)16-8-4-2-5-9-16/h2-13,19-21H,14H2,1H3,(H,27,32,35)/t19-,20+,21?,25-/m1/s1. The van der Waals surface area contributed by atoms with Gasteiger partial charge in [0.1, 0.15) is 6.61 Å². The molecule has 0 aliphatic carbocycles. The van der Waals surface area contributed by atoms with E-state index >= 15 is 0 Å². The van der Waals surface area contributed by atoms with Crippen molar-refractivity contribution in [3.05, 3.63) is 115 Å². The predicted molar refractivity (Wildman–Crippen MR) is 131 cm³/mol. The van der Waals surface area contributed by atoms with Gasteiger partial charge in [-0.2, -0.15) is 0 Å². The quantitative estimate of drug-likeness (QED) is 0.148. The number of aromatic nitrogens is 2. The molecule has 0 saturated carbocycles. The fourth-order valence-corrected chi connectivity index (χ4v) is 3.94. The van der Waals surface area contributed by atoms with E-state index in [2.05, 4.69) is 10.0 Å². The van der Waals surface area contributed by atoms with Crippen molar-refractivity contribution >= 4 is 17.9 Å². The van der Waals surface area contributed by atoms with Gasteiger partial charge in [-0.05, 0) is 29.8 Å². The van der Waals surface area contributed by atoms with Crippen LogP contribution in [-0.4, -0.2) is 52.0 Å². The second-order valence-corrected chi connectivity index (χ2v) is 8.27. The molecule has 3 aromatic rings. The molecular weight excluding hydrogens is 514 g/mol. The summed E-state index contributed by atoms with van der Waals surface area (Å²) in [5, 5.41) is 3.63. The number of azide groups is 1. The topological polar surface area (TPSA) is 192 Å². The van der Waals surface area contributed by atoms with Gasteiger partial charge in [0.05, 0.1) is 11.1 Å². The molecule has 0 radical (unpaired) electrons. The second-order valence-electron chi connectivity index (χ2n) is 8.27. The van der Waals surface area contributed by atoms with E-state index in [4.69, 9.17) is 18.9 Å². The average Bonchev–Trinajstić information content (AvgIpc) is 3.20. The summed E-state index contributed by atoms with van der Waals surface area (Å²) in [4.78, 5) is 67.0. The highest BCUT2D eigenvalue weighted by atomic mass is 16.7. The van der Waals surface area contributed by atoms with E-state index < -0.39 is 59.9 Å². The molecule has 2 aromatic carbocycles. The third kappa shape index (κ3) is 5.87. The van der Waals surface area contributed by atoms with Crippen molar-refractivity contribution in [3.63, 3.8) is 0 Å². The molecule has 14 nitrogen and oxygen atoms in total. The molecule has 1 aromatic heterocycles. The minimum atomic E-state index is -2.28. The number of carbonyl (C=O) groups is 3. The van der Waals surface area contributed by atoms with Crippen LogP contribution in [-0.2, 0) is 23.7 Å². The van der Waals surface area contributed by atoms with Gasteiger partial charge in [0, 0.05) is 24.1 Å². The lowest BCUT2D eigenvalue weighted by molar-refractivity contribution is -0.166. The Hall–Kier alpha value is -5.20. The summed E-state index contributed by atoms with van der Waals surface area (Å²) in [7, 11) is 0. The van der Waals surface area contributed by atoms with Crippen molar-refractivity contribution in [2.24, 2.45) is 5.11 Å². The molecule has 14 heteroatoms. The number of carbonyl (C=O) groups excluding carboxylic acids is 3. The Balaban J connectivity index is 1.79. The van der Waals surface area contributed by atoms with Crippen molar-refractivity contribution < 1.29 is 33.3 Å². The Bertz CT molecular complexity index is 1530. The van der Waals surface area contributed by atoms with Crippen LogP contribution in [0.2, 0.25) is 0 Å². The zero-order valence-electron chi connectivity index (χ0n) is 20.3. The average molecular weight is 535 g/mol. The van der Waals surface area contributed by atoms with Gasteiger partial charge in [-0.3, -0.25) is 19.1 Å². The fourth-order valence-electron chi connectivity index (χ4n) is 3.94. The van der Waals surface area contributed by atoms with Crippen LogP contribution in [0.25, 0.3) is 10.4 Å². The van der Waals surface area contributed by atoms with Crippen molar-refractivity contribution in [3.8, 4) is 0 Å². The Labute approximate surface area is 219 Å². The van der Waals surface area contributed by atoms with Gasteiger partial charge in [-0.25, -0.2) is 14.4 Å². The summed E-state index contributed by atoms with van der Waals surface area (Å²) in [6.45, 7) is 0.253. The maximum Gasteiger partial charge on any atom is 0.338 e. The molecule has 1 fully saturated rings. The van der Waals surface area contributed by atoms with Crippen molar-refractivity contribution in [2.45, 2.75) is 31.1 Å². The zero-order valence-corrected chi connectivity index (χ0v) is 20.3. The molecule has 1 aliphatic heterocycles. The van der Waals surface area contributed by atoms with Gasteiger partial charge >= 0.3 is 23.6 Å². The first-order chi connectivity index (χ1) is 18.7. The Kier molecular flexibility index (Phi) is 7.89. The number of benzene rings is 2. The summed E-state index contributed by atoms with van der Waals surface area (Å²) in [5.74, 6) is -2.59. The smallest absolute Gasteiger partial charge is 0.338 e. The van der Waals surface area contributed by atoms with Crippen LogP contribution in [0.5, 0.6) is 0 Å². The van der Waals surface area contributed by atoms with Gasteiger partial charge in [-0.15, -0.1) is 0 Å². The van der Waals surface area contributed by atoms with E-state index in [-0.39, 0.29) is 11.1 Å². The summed E-state index contributed by atoms with van der Waals surface area (Å²) < 4.78 is 23.2. The molecule has 4 rings (SSSR count). The molecule has 2 heterocycles. The molecule has 1 aliphatic rings. The molecule has 200 valence electrons. The third-order valence-corrected chi connectivity index (χ3v) is 5.65. The van der Waals surface area contributed by atoms with Gasteiger partial charge in [0.15, 0.2) is 18.4 Å². The molecular formula is C25H21N5O9. The number of aromatic amines is 1. The number of hydrogen-bond donors (Lipinski definition) is 1. The Morgan fingerprint density at radius 3 is 2.18 bits per heavy atom. The van der Waals surface area contributed by atoms with Crippen LogP contribution in [0.1, 0.15) is 33.9 Å². The maximum absolute atomic E-state index is 13.0.